The minimum atomic E-state index is -5.17. The number of anilines is 2. The second-order valence-electron chi connectivity index (χ2n) is 6.41. The number of nitrogens with zero attached hydrogens (tertiary/aromatic N) is 3. The van der Waals surface area contributed by atoms with Crippen molar-refractivity contribution in [1.29, 1.82) is 0 Å². The molecule has 4 heterocycles. The number of aromatic nitrogens is 2. The van der Waals surface area contributed by atoms with E-state index in [1.54, 1.807) is 12.1 Å². The van der Waals surface area contributed by atoms with Gasteiger partial charge in [-0.05, 0) is 12.1 Å². The molecule has 0 aliphatic carbocycles. The van der Waals surface area contributed by atoms with Crippen molar-refractivity contribution in [2.45, 2.75) is 18.0 Å². The Morgan fingerprint density at radius 1 is 1.14 bits per heavy atom. The maximum atomic E-state index is 13.4. The number of benzene rings is 1. The molecule has 154 valence electrons. The number of fused-ring (bicyclic) bond motifs is 2. The third-order valence-corrected chi connectivity index (χ3v) is 4.31. The van der Waals surface area contributed by atoms with E-state index < -0.39 is 54.2 Å². The van der Waals surface area contributed by atoms with Crippen molar-refractivity contribution in [2.24, 2.45) is 0 Å². The van der Waals surface area contributed by atoms with Gasteiger partial charge in [-0.1, -0.05) is 0 Å². The molecular weight excluding hydrogens is 413 g/mol. The van der Waals surface area contributed by atoms with Crippen LogP contribution in [0.5, 0.6) is 0 Å². The highest BCUT2D eigenvalue weighted by molar-refractivity contribution is 5.95. The van der Waals surface area contributed by atoms with Gasteiger partial charge in [0.05, 0.1) is 24.3 Å². The van der Waals surface area contributed by atoms with Crippen molar-refractivity contribution in [3.05, 3.63) is 35.7 Å². The number of hydrogen-bond acceptors (Lipinski definition) is 5. The third-order valence-electron chi connectivity index (χ3n) is 4.31. The predicted molar refractivity (Wildman–Crippen MR) is 83.5 cm³/mol. The van der Waals surface area contributed by atoms with Gasteiger partial charge in [0.2, 0.25) is 5.95 Å². The zero-order valence-corrected chi connectivity index (χ0v) is 14.0. The molecule has 3 aromatic rings. The highest BCUT2D eigenvalue weighted by atomic mass is 19.4. The van der Waals surface area contributed by atoms with Crippen molar-refractivity contribution in [2.75, 3.05) is 18.4 Å². The van der Waals surface area contributed by atoms with Gasteiger partial charge in [0, 0.05) is 12.3 Å². The summed E-state index contributed by atoms with van der Waals surface area (Å²) >= 11 is 0. The number of amides is 1. The molecule has 3 aromatic heterocycles. The average molecular weight is 422 g/mol. The number of likely N-dealkylation sites (tertiary alicyclic amines) is 1. The lowest BCUT2D eigenvalue weighted by atomic mass is 10.2. The van der Waals surface area contributed by atoms with Gasteiger partial charge in [0.25, 0.3) is 5.91 Å². The number of carbonyl (C=O) groups excluding carboxylic acids is 1. The Hall–Kier alpha value is -3.12. The van der Waals surface area contributed by atoms with Crippen molar-refractivity contribution >= 4 is 28.7 Å². The van der Waals surface area contributed by atoms with Gasteiger partial charge in [-0.3, -0.25) is 4.79 Å². The first-order valence-electron chi connectivity index (χ1n) is 7.95. The van der Waals surface area contributed by atoms with Crippen LogP contribution < -0.4 is 5.32 Å². The van der Waals surface area contributed by atoms with Crippen LogP contribution in [0.2, 0.25) is 0 Å². The SMILES string of the molecule is O=C(c1cnc(Nc2cc3ccc2o3)nc1C(F)(F)F)N1CC(F)(F)C(F)(F)C1. The Bertz CT molecular complexity index is 1060. The molecule has 6 nitrogen and oxygen atoms in total. The molecule has 1 N–H and O–H groups in total. The molecule has 1 amide bonds. The number of carbonyl (C=O) groups is 1. The first-order valence-corrected chi connectivity index (χ1v) is 7.95. The van der Waals surface area contributed by atoms with Crippen LogP contribution in [0.3, 0.4) is 0 Å². The number of alkyl halides is 7. The van der Waals surface area contributed by atoms with E-state index in [1.807, 2.05) is 0 Å². The maximum Gasteiger partial charge on any atom is 0.434 e. The van der Waals surface area contributed by atoms with Crippen LogP contribution in [0, 0.1) is 0 Å². The fourth-order valence-corrected chi connectivity index (χ4v) is 2.90. The zero-order chi connectivity index (χ0) is 21.2. The van der Waals surface area contributed by atoms with Crippen LogP contribution in [-0.4, -0.2) is 45.7 Å². The molecule has 1 fully saturated rings. The minimum Gasteiger partial charge on any atom is -0.455 e. The van der Waals surface area contributed by atoms with Crippen LogP contribution >= 0.6 is 0 Å². The summed E-state index contributed by atoms with van der Waals surface area (Å²) in [5.74, 6) is -11.3. The fraction of sp³-hybridized carbons (Fsp3) is 0.312. The summed E-state index contributed by atoms with van der Waals surface area (Å²) < 4.78 is 98.7. The van der Waals surface area contributed by atoms with E-state index in [9.17, 15) is 35.5 Å². The molecule has 0 radical (unpaired) electrons. The summed E-state index contributed by atoms with van der Waals surface area (Å²) in [6, 6.07) is 4.64. The molecule has 0 unspecified atom stereocenters. The van der Waals surface area contributed by atoms with Gasteiger partial charge in [-0.2, -0.15) is 30.7 Å². The van der Waals surface area contributed by atoms with Crippen LogP contribution in [0.1, 0.15) is 16.1 Å². The molecule has 13 heteroatoms. The molecule has 4 rings (SSSR count). The number of rotatable bonds is 3. The van der Waals surface area contributed by atoms with E-state index in [-0.39, 0.29) is 10.6 Å². The first-order chi connectivity index (χ1) is 13.4. The van der Waals surface area contributed by atoms with E-state index in [4.69, 9.17) is 4.42 Å². The quantitative estimate of drug-likeness (QED) is 0.643. The van der Waals surface area contributed by atoms with Crippen LogP contribution in [0.25, 0.3) is 11.2 Å². The average Bonchev–Trinajstić information content (AvgIpc) is 3.27. The Morgan fingerprint density at radius 2 is 1.79 bits per heavy atom. The number of halogens is 7. The molecule has 0 saturated carbocycles. The standard InChI is InChI=1S/C16H9F7N4O2/c17-14(18)5-27(6-15(14,19)20)12(28)8-4-24-13(26-11(8)16(21,22)23)25-9-3-7-1-2-10(9)29-7/h1-4H,5-6H2,(H,24,25,26). The summed E-state index contributed by atoms with van der Waals surface area (Å²) in [7, 11) is 0. The lowest BCUT2D eigenvalue weighted by Crippen LogP contribution is -2.38. The molecule has 2 bridgehead atoms. The highest BCUT2D eigenvalue weighted by Gasteiger charge is 2.64. The molecule has 1 aliphatic rings. The van der Waals surface area contributed by atoms with E-state index in [2.05, 4.69) is 15.3 Å². The van der Waals surface area contributed by atoms with Crippen molar-refractivity contribution in [1.82, 2.24) is 14.9 Å². The van der Waals surface area contributed by atoms with Gasteiger partial charge in [-0.25, -0.2) is 9.97 Å². The Morgan fingerprint density at radius 3 is 2.31 bits per heavy atom. The summed E-state index contributed by atoms with van der Waals surface area (Å²) in [4.78, 5) is 19.0. The summed E-state index contributed by atoms with van der Waals surface area (Å²) in [5, 5.41) is 2.49. The Balaban J connectivity index is 1.66. The van der Waals surface area contributed by atoms with Gasteiger partial charge < -0.3 is 14.6 Å². The summed E-state index contributed by atoms with van der Waals surface area (Å²) in [6.45, 7) is -3.44. The van der Waals surface area contributed by atoms with Crippen LogP contribution in [0.15, 0.2) is 28.8 Å². The Kier molecular flexibility index (Phi) is 3.93. The van der Waals surface area contributed by atoms with E-state index in [0.29, 0.717) is 17.4 Å². The summed E-state index contributed by atoms with van der Waals surface area (Å²) in [5.41, 5.74) is -1.92. The zero-order valence-electron chi connectivity index (χ0n) is 14.0. The molecular formula is C16H9F7N4O2. The largest absolute Gasteiger partial charge is 0.455 e. The Labute approximate surface area is 156 Å². The number of nitrogens with one attached hydrogen (secondary N) is 1. The van der Waals surface area contributed by atoms with Crippen molar-refractivity contribution in [3.63, 3.8) is 0 Å². The minimum absolute atomic E-state index is 0.0510. The lowest BCUT2D eigenvalue weighted by Gasteiger charge is -2.18. The molecule has 0 spiro atoms. The van der Waals surface area contributed by atoms with Gasteiger partial charge >= 0.3 is 18.0 Å². The van der Waals surface area contributed by atoms with Gasteiger partial charge in [-0.15, -0.1) is 0 Å². The maximum absolute atomic E-state index is 13.4. The van der Waals surface area contributed by atoms with Crippen LogP contribution in [0.4, 0.5) is 42.4 Å². The normalized spacial score (nSPS) is 18.5. The fourth-order valence-electron chi connectivity index (χ4n) is 2.90. The monoisotopic (exact) mass is 422 g/mol. The molecule has 0 aromatic carbocycles. The lowest BCUT2D eigenvalue weighted by molar-refractivity contribution is -0.172. The molecule has 1 aliphatic heterocycles. The second kappa shape index (κ2) is 5.94. The van der Waals surface area contributed by atoms with Crippen LogP contribution in [-0.2, 0) is 6.18 Å². The smallest absolute Gasteiger partial charge is 0.434 e. The topological polar surface area (TPSA) is 71.3 Å². The molecule has 29 heavy (non-hydrogen) atoms. The number of hydrogen-bond donors (Lipinski definition) is 1. The van der Waals surface area contributed by atoms with Gasteiger partial charge in [0.1, 0.15) is 5.58 Å². The molecule has 0 atom stereocenters. The highest BCUT2D eigenvalue weighted by Crippen LogP contribution is 2.42. The van der Waals surface area contributed by atoms with Crippen molar-refractivity contribution in [3.8, 4) is 0 Å². The van der Waals surface area contributed by atoms with E-state index in [0.717, 1.165) is 0 Å². The predicted octanol–water partition coefficient (Wildman–Crippen LogP) is 4.15. The summed E-state index contributed by atoms with van der Waals surface area (Å²) in [6.07, 6.45) is -4.71. The second-order valence-corrected chi connectivity index (χ2v) is 6.41. The van der Waals surface area contributed by atoms with Gasteiger partial charge in [0.15, 0.2) is 11.3 Å². The van der Waals surface area contributed by atoms with Crippen molar-refractivity contribution < 1.29 is 39.9 Å². The number of furan rings is 2. The first kappa shape index (κ1) is 19.2. The third kappa shape index (κ3) is 3.19. The van der Waals surface area contributed by atoms with E-state index in [1.165, 1.54) is 6.07 Å². The van der Waals surface area contributed by atoms with E-state index >= 15 is 0 Å². The molecule has 1 saturated heterocycles.